The van der Waals surface area contributed by atoms with Gasteiger partial charge in [-0.25, -0.2) is 4.39 Å². The minimum atomic E-state index is -0.323. The van der Waals surface area contributed by atoms with Crippen LogP contribution in [0.1, 0.15) is 18.7 Å². The number of aryl methyl sites for hydroxylation is 1. The first-order chi connectivity index (χ1) is 13.6. The Morgan fingerprint density at radius 2 is 2.07 bits per heavy atom. The standard InChI is InChI=1S/C21H20FN3O3/c1-2-13-27-18-6-3-5-17(14-18)23-19(26)7-4-8-20-24-21(25-28-20)15-9-11-16(22)12-10-15/h2-3,5-6,9-12,14H,1,4,7-8,13H2,(H,23,26). The van der Waals surface area contributed by atoms with Crippen molar-refractivity contribution in [3.05, 3.63) is 72.9 Å². The first-order valence-electron chi connectivity index (χ1n) is 8.86. The molecule has 0 saturated carbocycles. The second-order valence-corrected chi connectivity index (χ2v) is 6.05. The number of ether oxygens (including phenoxy) is 1. The van der Waals surface area contributed by atoms with E-state index in [9.17, 15) is 9.18 Å². The lowest BCUT2D eigenvalue weighted by molar-refractivity contribution is -0.116. The van der Waals surface area contributed by atoms with Crippen LogP contribution in [0.2, 0.25) is 0 Å². The molecule has 0 aliphatic rings. The van der Waals surface area contributed by atoms with Crippen LogP contribution in [0.5, 0.6) is 5.75 Å². The van der Waals surface area contributed by atoms with Gasteiger partial charge in [-0.15, -0.1) is 0 Å². The van der Waals surface area contributed by atoms with Crippen molar-refractivity contribution in [2.24, 2.45) is 0 Å². The van der Waals surface area contributed by atoms with Crippen molar-refractivity contribution >= 4 is 11.6 Å². The Kier molecular flexibility index (Phi) is 6.51. The Balaban J connectivity index is 1.47. The summed E-state index contributed by atoms with van der Waals surface area (Å²) in [5.74, 6) is 1.06. The first kappa shape index (κ1) is 19.3. The van der Waals surface area contributed by atoms with E-state index in [-0.39, 0.29) is 11.7 Å². The number of carbonyl (C=O) groups excluding carboxylic acids is 1. The van der Waals surface area contributed by atoms with E-state index in [2.05, 4.69) is 22.0 Å². The lowest BCUT2D eigenvalue weighted by atomic mass is 10.2. The average molecular weight is 381 g/mol. The molecule has 0 aliphatic carbocycles. The van der Waals surface area contributed by atoms with Gasteiger partial charge in [0.15, 0.2) is 0 Å². The molecule has 1 aromatic heterocycles. The van der Waals surface area contributed by atoms with Crippen LogP contribution in [0.25, 0.3) is 11.4 Å². The van der Waals surface area contributed by atoms with Crippen LogP contribution in [0, 0.1) is 5.82 Å². The average Bonchev–Trinajstić information content (AvgIpc) is 3.16. The molecular weight excluding hydrogens is 361 g/mol. The molecule has 3 rings (SSSR count). The van der Waals surface area contributed by atoms with E-state index >= 15 is 0 Å². The number of nitrogens with one attached hydrogen (secondary N) is 1. The molecule has 0 unspecified atom stereocenters. The summed E-state index contributed by atoms with van der Waals surface area (Å²) in [5.41, 5.74) is 1.34. The maximum Gasteiger partial charge on any atom is 0.226 e. The van der Waals surface area contributed by atoms with Gasteiger partial charge in [-0.1, -0.05) is 23.9 Å². The largest absolute Gasteiger partial charge is 0.489 e. The Morgan fingerprint density at radius 3 is 2.86 bits per heavy atom. The van der Waals surface area contributed by atoms with Crippen molar-refractivity contribution in [3.63, 3.8) is 0 Å². The summed E-state index contributed by atoms with van der Waals surface area (Å²) < 4.78 is 23.6. The highest BCUT2D eigenvalue weighted by molar-refractivity contribution is 5.90. The van der Waals surface area contributed by atoms with E-state index < -0.39 is 0 Å². The molecule has 0 spiro atoms. The number of halogens is 1. The van der Waals surface area contributed by atoms with Gasteiger partial charge in [0.2, 0.25) is 17.6 Å². The second kappa shape index (κ2) is 9.45. The molecule has 28 heavy (non-hydrogen) atoms. The fourth-order valence-corrected chi connectivity index (χ4v) is 2.52. The number of benzene rings is 2. The van der Waals surface area contributed by atoms with Crippen LogP contribution < -0.4 is 10.1 Å². The molecule has 0 aliphatic heterocycles. The number of hydrogen-bond acceptors (Lipinski definition) is 5. The van der Waals surface area contributed by atoms with Gasteiger partial charge in [-0.2, -0.15) is 4.98 Å². The van der Waals surface area contributed by atoms with E-state index in [1.54, 1.807) is 30.3 Å². The molecule has 7 heteroatoms. The summed E-state index contributed by atoms with van der Waals surface area (Å²) in [7, 11) is 0. The third kappa shape index (κ3) is 5.51. The summed E-state index contributed by atoms with van der Waals surface area (Å²) in [4.78, 5) is 16.4. The second-order valence-electron chi connectivity index (χ2n) is 6.05. The fourth-order valence-electron chi connectivity index (χ4n) is 2.52. The molecule has 0 radical (unpaired) electrons. The van der Waals surface area contributed by atoms with Crippen molar-refractivity contribution in [1.29, 1.82) is 0 Å². The predicted molar refractivity (Wildman–Crippen MR) is 103 cm³/mol. The Morgan fingerprint density at radius 1 is 1.25 bits per heavy atom. The smallest absolute Gasteiger partial charge is 0.226 e. The zero-order valence-electron chi connectivity index (χ0n) is 15.2. The van der Waals surface area contributed by atoms with E-state index in [1.807, 2.05) is 12.1 Å². The molecular formula is C21H20FN3O3. The quantitative estimate of drug-likeness (QED) is 0.556. The third-order valence-electron chi connectivity index (χ3n) is 3.85. The first-order valence-corrected chi connectivity index (χ1v) is 8.86. The van der Waals surface area contributed by atoms with E-state index in [0.717, 1.165) is 0 Å². The van der Waals surface area contributed by atoms with Crippen molar-refractivity contribution in [2.45, 2.75) is 19.3 Å². The zero-order valence-corrected chi connectivity index (χ0v) is 15.2. The maximum absolute atomic E-state index is 13.0. The fraction of sp³-hybridized carbons (Fsp3) is 0.190. The summed E-state index contributed by atoms with van der Waals surface area (Å²) >= 11 is 0. The molecule has 1 heterocycles. The number of rotatable bonds is 9. The minimum Gasteiger partial charge on any atom is -0.489 e. The van der Waals surface area contributed by atoms with Gasteiger partial charge in [-0.3, -0.25) is 4.79 Å². The highest BCUT2D eigenvalue weighted by Crippen LogP contribution is 2.19. The van der Waals surface area contributed by atoms with Crippen molar-refractivity contribution in [3.8, 4) is 17.1 Å². The number of hydrogen-bond donors (Lipinski definition) is 1. The van der Waals surface area contributed by atoms with Crippen molar-refractivity contribution in [2.75, 3.05) is 11.9 Å². The topological polar surface area (TPSA) is 77.2 Å². The predicted octanol–water partition coefficient (Wildman–Crippen LogP) is 4.40. The molecule has 1 amide bonds. The maximum atomic E-state index is 13.0. The number of amides is 1. The van der Waals surface area contributed by atoms with Gasteiger partial charge in [0.1, 0.15) is 18.2 Å². The molecule has 0 fully saturated rings. The lowest BCUT2D eigenvalue weighted by Gasteiger charge is -2.07. The van der Waals surface area contributed by atoms with Gasteiger partial charge in [0.25, 0.3) is 0 Å². The van der Waals surface area contributed by atoms with Gasteiger partial charge in [0.05, 0.1) is 0 Å². The van der Waals surface area contributed by atoms with Crippen LogP contribution in [0.3, 0.4) is 0 Å². The minimum absolute atomic E-state index is 0.112. The molecule has 144 valence electrons. The van der Waals surface area contributed by atoms with Crippen molar-refractivity contribution in [1.82, 2.24) is 10.1 Å². The van der Waals surface area contributed by atoms with E-state index in [4.69, 9.17) is 9.26 Å². The molecule has 2 aromatic carbocycles. The van der Waals surface area contributed by atoms with Crippen LogP contribution in [0.4, 0.5) is 10.1 Å². The van der Waals surface area contributed by atoms with Gasteiger partial charge < -0.3 is 14.6 Å². The normalized spacial score (nSPS) is 10.5. The lowest BCUT2D eigenvalue weighted by Crippen LogP contribution is -2.11. The number of carbonyl (C=O) groups is 1. The molecule has 1 N–H and O–H groups in total. The van der Waals surface area contributed by atoms with Gasteiger partial charge in [0, 0.05) is 30.2 Å². The Bertz CT molecular complexity index is 938. The summed E-state index contributed by atoms with van der Waals surface area (Å²) in [6.45, 7) is 4.00. The summed E-state index contributed by atoms with van der Waals surface area (Å²) in [5, 5.41) is 6.72. The van der Waals surface area contributed by atoms with Crippen LogP contribution in [-0.4, -0.2) is 22.7 Å². The van der Waals surface area contributed by atoms with Gasteiger partial charge >= 0.3 is 0 Å². The number of aromatic nitrogens is 2. The van der Waals surface area contributed by atoms with Crippen LogP contribution in [-0.2, 0) is 11.2 Å². The molecule has 6 nitrogen and oxygen atoms in total. The molecule has 0 bridgehead atoms. The third-order valence-corrected chi connectivity index (χ3v) is 3.85. The molecule has 3 aromatic rings. The van der Waals surface area contributed by atoms with E-state index in [1.165, 1.54) is 12.1 Å². The van der Waals surface area contributed by atoms with Gasteiger partial charge in [-0.05, 0) is 42.8 Å². The highest BCUT2D eigenvalue weighted by atomic mass is 19.1. The summed E-state index contributed by atoms with van der Waals surface area (Å²) in [6, 6.07) is 13.0. The van der Waals surface area contributed by atoms with Crippen molar-refractivity contribution < 1.29 is 18.4 Å². The van der Waals surface area contributed by atoms with Crippen LogP contribution in [0.15, 0.2) is 65.7 Å². The summed E-state index contributed by atoms with van der Waals surface area (Å²) in [6.07, 6.45) is 3.00. The highest BCUT2D eigenvalue weighted by Gasteiger charge is 2.10. The zero-order chi connectivity index (χ0) is 19.8. The van der Waals surface area contributed by atoms with E-state index in [0.29, 0.717) is 54.6 Å². The SMILES string of the molecule is C=CCOc1cccc(NC(=O)CCCc2nc(-c3ccc(F)cc3)no2)c1. The molecule has 0 atom stereocenters. The monoisotopic (exact) mass is 381 g/mol. The molecule has 0 saturated heterocycles. The Hall–Kier alpha value is -3.48. The van der Waals surface area contributed by atoms with Crippen LogP contribution >= 0.6 is 0 Å². The number of anilines is 1. The Labute approximate surface area is 162 Å². The number of nitrogens with zero attached hydrogens (tertiary/aromatic N) is 2.